The Morgan fingerprint density at radius 1 is 0.188 bits per heavy atom. The van der Waals surface area contributed by atoms with Crippen molar-refractivity contribution in [3.8, 4) is 0 Å². The largest absolute Gasteiger partial charge is 0.0845 e. The highest BCUT2D eigenvalue weighted by Crippen LogP contribution is 2.79. The van der Waals surface area contributed by atoms with Crippen molar-refractivity contribution in [2.45, 2.75) is 0 Å². The molecule has 10 bridgehead atoms. The van der Waals surface area contributed by atoms with E-state index in [2.05, 4.69) is 72.9 Å². The molecule has 0 N–H and O–H groups in total. The van der Waals surface area contributed by atoms with E-state index >= 15 is 0 Å². The third kappa shape index (κ3) is 1.48. The molecule has 14 rings (SSSR count). The van der Waals surface area contributed by atoms with Crippen molar-refractivity contribution in [2.24, 2.45) is 118 Å². The van der Waals surface area contributed by atoms with Crippen LogP contribution < -0.4 is 0 Å². The number of fused-ring (bicyclic) bond motifs is 1. The van der Waals surface area contributed by atoms with Crippen molar-refractivity contribution in [3.05, 3.63) is 72.9 Å². The predicted octanol–water partition coefficient (Wildman–Crippen LogP) is 5.80. The zero-order chi connectivity index (χ0) is 20.0. The summed E-state index contributed by atoms with van der Waals surface area (Å²) in [5.74, 6) is 18.5. The first-order valence-electron chi connectivity index (χ1n) is 14.0. The third-order valence-corrected chi connectivity index (χ3v) is 13.7. The van der Waals surface area contributed by atoms with E-state index in [0.717, 1.165) is 118 Å². The molecule has 14 aliphatic carbocycles. The fourth-order valence-electron chi connectivity index (χ4n) is 12.9. The van der Waals surface area contributed by atoms with Gasteiger partial charge in [-0.3, -0.25) is 0 Å². The minimum absolute atomic E-state index is 0.737. The Labute approximate surface area is 191 Å². The molecule has 32 heavy (non-hydrogen) atoms. The summed E-state index contributed by atoms with van der Waals surface area (Å²) >= 11 is 0. The van der Waals surface area contributed by atoms with Crippen molar-refractivity contribution < 1.29 is 0 Å². The van der Waals surface area contributed by atoms with Crippen LogP contribution in [0, 0.1) is 118 Å². The quantitative estimate of drug-likeness (QED) is 0.438. The molecule has 5 saturated carbocycles. The maximum Gasteiger partial charge on any atom is -0.00164 e. The predicted molar refractivity (Wildman–Crippen MR) is 125 cm³/mol. The lowest BCUT2D eigenvalue weighted by atomic mass is 9.32. The number of hydrogen-bond donors (Lipinski definition) is 0. The summed E-state index contributed by atoms with van der Waals surface area (Å²) in [7, 11) is 0. The van der Waals surface area contributed by atoms with Crippen LogP contribution >= 0.6 is 0 Å². The summed E-state index contributed by atoms with van der Waals surface area (Å²) in [6.07, 6.45) is 32.2. The molecule has 0 heterocycles. The van der Waals surface area contributed by atoms with Crippen molar-refractivity contribution in [2.75, 3.05) is 0 Å². The van der Waals surface area contributed by atoms with Crippen LogP contribution in [0.25, 0.3) is 0 Å². The average Bonchev–Trinajstić information content (AvgIpc) is 3.64. The van der Waals surface area contributed by atoms with Gasteiger partial charge in [0.05, 0.1) is 0 Å². The van der Waals surface area contributed by atoms with E-state index in [4.69, 9.17) is 0 Å². The lowest BCUT2D eigenvalue weighted by molar-refractivity contribution is -0.203. The van der Waals surface area contributed by atoms with Gasteiger partial charge in [0.1, 0.15) is 0 Å². The normalized spacial score (nSPS) is 73.5. The Morgan fingerprint density at radius 3 is 1.09 bits per heavy atom. The maximum absolute atomic E-state index is 2.80. The molecule has 0 amide bonds. The number of allylic oxidation sites excluding steroid dienone is 12. The highest BCUT2D eigenvalue weighted by atomic mass is 14.8. The van der Waals surface area contributed by atoms with Crippen molar-refractivity contribution in [3.63, 3.8) is 0 Å². The maximum atomic E-state index is 2.80. The van der Waals surface area contributed by atoms with Crippen LogP contribution in [-0.4, -0.2) is 0 Å². The van der Waals surface area contributed by atoms with E-state index in [9.17, 15) is 0 Å². The standard InChI is InChI=1S/C32H32/c1-5-15-16-6-2-13(1)23-21-11-9-19-20-10-12-22(27(19)29(21)31(23)25(15)16)30-28(20)24-14-3-7-17-18(8-4-14)26(17)32(24)30/h1-32H. The van der Waals surface area contributed by atoms with Crippen LogP contribution in [0.2, 0.25) is 0 Å². The summed E-state index contributed by atoms with van der Waals surface area (Å²) < 4.78 is 0. The van der Waals surface area contributed by atoms with Gasteiger partial charge in [0.2, 0.25) is 0 Å². The molecular formula is C32H32. The van der Waals surface area contributed by atoms with Crippen molar-refractivity contribution in [1.29, 1.82) is 0 Å². The highest BCUT2D eigenvalue weighted by Gasteiger charge is 2.75. The summed E-state index contributed by atoms with van der Waals surface area (Å²) in [6, 6.07) is 0. The van der Waals surface area contributed by atoms with Crippen LogP contribution in [0.15, 0.2) is 72.9 Å². The Kier molecular flexibility index (Phi) is 2.42. The first kappa shape index (κ1) is 16.1. The van der Waals surface area contributed by atoms with Gasteiger partial charge in [-0.25, -0.2) is 0 Å². The number of rotatable bonds is 0. The Bertz CT molecular complexity index is 1100. The van der Waals surface area contributed by atoms with Gasteiger partial charge in [-0.15, -0.1) is 0 Å². The Hall–Kier alpha value is -1.56. The second kappa shape index (κ2) is 4.80. The van der Waals surface area contributed by atoms with Gasteiger partial charge in [0.15, 0.2) is 0 Å². The van der Waals surface area contributed by atoms with Gasteiger partial charge >= 0.3 is 0 Å². The van der Waals surface area contributed by atoms with E-state index in [-0.39, 0.29) is 0 Å². The smallest absolute Gasteiger partial charge is 0.00164 e. The molecule has 0 unspecified atom stereocenters. The molecule has 0 saturated heterocycles. The molecule has 0 aromatic rings. The Morgan fingerprint density at radius 2 is 0.500 bits per heavy atom. The van der Waals surface area contributed by atoms with Crippen molar-refractivity contribution in [1.82, 2.24) is 0 Å². The molecule has 0 radical (unpaired) electrons. The molecule has 14 aliphatic rings. The van der Waals surface area contributed by atoms with Crippen LogP contribution in [-0.2, 0) is 0 Å². The number of hydrogen-bond acceptors (Lipinski definition) is 0. The lowest BCUT2D eigenvalue weighted by Gasteiger charge is -2.71. The zero-order valence-corrected chi connectivity index (χ0v) is 18.5. The van der Waals surface area contributed by atoms with E-state index in [1.165, 1.54) is 0 Å². The molecule has 0 aliphatic heterocycles. The van der Waals surface area contributed by atoms with Crippen LogP contribution in [0.1, 0.15) is 0 Å². The van der Waals surface area contributed by atoms with Gasteiger partial charge < -0.3 is 0 Å². The SMILES string of the molecule is C1=CC2C3C=CC1C1C4C=CC5C6C=CC(C5C4C1C23)C1C6C2C3C=CC4C(C=C3)C4C21. The summed E-state index contributed by atoms with van der Waals surface area (Å²) in [4.78, 5) is 0. The molecule has 0 atom stereocenters. The minimum Gasteiger partial charge on any atom is -0.0845 e. The second-order valence-electron chi connectivity index (χ2n) is 13.9. The first-order valence-corrected chi connectivity index (χ1v) is 14.0. The van der Waals surface area contributed by atoms with Crippen LogP contribution in [0.3, 0.4) is 0 Å². The topological polar surface area (TPSA) is 0 Å². The third-order valence-electron chi connectivity index (χ3n) is 13.7. The van der Waals surface area contributed by atoms with Gasteiger partial charge in [-0.2, -0.15) is 0 Å². The summed E-state index contributed by atoms with van der Waals surface area (Å²) in [6.45, 7) is 0. The van der Waals surface area contributed by atoms with Gasteiger partial charge in [0.25, 0.3) is 0 Å². The molecule has 0 aromatic heterocycles. The molecule has 0 heteroatoms. The molecule has 5 fully saturated rings. The van der Waals surface area contributed by atoms with Crippen LogP contribution in [0.4, 0.5) is 0 Å². The average molecular weight is 417 g/mol. The fraction of sp³-hybridized carbons (Fsp3) is 0.625. The van der Waals surface area contributed by atoms with Crippen molar-refractivity contribution >= 4 is 0 Å². The van der Waals surface area contributed by atoms with Gasteiger partial charge in [0, 0.05) is 0 Å². The molecular weight excluding hydrogens is 384 g/mol. The minimum atomic E-state index is 0.737. The summed E-state index contributed by atoms with van der Waals surface area (Å²) in [5, 5.41) is 0. The monoisotopic (exact) mass is 416 g/mol. The van der Waals surface area contributed by atoms with E-state index in [0.29, 0.717) is 0 Å². The van der Waals surface area contributed by atoms with E-state index in [1.54, 1.807) is 0 Å². The second-order valence-corrected chi connectivity index (χ2v) is 13.9. The van der Waals surface area contributed by atoms with Gasteiger partial charge in [-0.1, -0.05) is 72.9 Å². The molecule has 0 nitrogen and oxygen atoms in total. The molecule has 0 spiro atoms. The molecule has 160 valence electrons. The van der Waals surface area contributed by atoms with Gasteiger partial charge in [-0.05, 0) is 118 Å². The molecule has 0 aromatic carbocycles. The Balaban J connectivity index is 1.03. The first-order chi connectivity index (χ1) is 15.9. The zero-order valence-electron chi connectivity index (χ0n) is 18.5. The fourth-order valence-corrected chi connectivity index (χ4v) is 12.9. The highest BCUT2D eigenvalue weighted by molar-refractivity contribution is 5.39. The lowest BCUT2D eigenvalue weighted by Crippen LogP contribution is -2.68. The van der Waals surface area contributed by atoms with E-state index in [1.807, 2.05) is 0 Å². The van der Waals surface area contributed by atoms with E-state index < -0.39 is 0 Å². The summed E-state index contributed by atoms with van der Waals surface area (Å²) in [5.41, 5.74) is 0. The van der Waals surface area contributed by atoms with Crippen LogP contribution in [0.5, 0.6) is 0 Å².